The number of ether oxygens (including phenoxy) is 3. The summed E-state index contributed by atoms with van der Waals surface area (Å²) in [6.07, 6.45) is 6.17. The second-order valence-electron chi connectivity index (χ2n) is 9.00. The number of benzene rings is 2. The Morgan fingerprint density at radius 2 is 1.68 bits per heavy atom. The molecule has 0 aliphatic carbocycles. The fourth-order valence-corrected chi connectivity index (χ4v) is 5.08. The molecule has 3 rings (SSSR count). The van der Waals surface area contributed by atoms with E-state index in [2.05, 4.69) is 0 Å². The quantitative estimate of drug-likeness (QED) is 0.235. The summed E-state index contributed by atoms with van der Waals surface area (Å²) >= 11 is 0. The highest BCUT2D eigenvalue weighted by molar-refractivity contribution is 7.93. The zero-order valence-electron chi connectivity index (χ0n) is 21.4. The fourth-order valence-electron chi connectivity index (χ4n) is 3.47. The first-order valence-corrected chi connectivity index (χ1v) is 12.8. The molecule has 3 aromatic rings. The van der Waals surface area contributed by atoms with E-state index in [0.717, 1.165) is 9.87 Å². The summed E-state index contributed by atoms with van der Waals surface area (Å²) < 4.78 is 45.8. The van der Waals surface area contributed by atoms with Crippen molar-refractivity contribution in [3.8, 4) is 11.5 Å². The van der Waals surface area contributed by atoms with Crippen molar-refractivity contribution in [2.24, 2.45) is 0 Å². The third kappa shape index (κ3) is 7.01. The van der Waals surface area contributed by atoms with Crippen molar-refractivity contribution in [2.45, 2.75) is 31.3 Å². The summed E-state index contributed by atoms with van der Waals surface area (Å²) in [4.78, 5) is 12.7. The number of pyridine rings is 1. The van der Waals surface area contributed by atoms with Crippen LogP contribution >= 0.6 is 0 Å². The molecular weight excluding hydrogens is 496 g/mol. The number of sulfonamides is 1. The van der Waals surface area contributed by atoms with Crippen LogP contribution in [0.25, 0.3) is 12.2 Å². The van der Waals surface area contributed by atoms with E-state index in [1.807, 2.05) is 0 Å². The topological polar surface area (TPSA) is 109 Å². The van der Waals surface area contributed by atoms with Gasteiger partial charge in [-0.15, -0.1) is 0 Å². The first kappa shape index (κ1) is 27.5. The molecule has 1 heterocycles. The van der Waals surface area contributed by atoms with Crippen LogP contribution in [-0.2, 0) is 19.6 Å². The van der Waals surface area contributed by atoms with Gasteiger partial charge in [0.25, 0.3) is 10.0 Å². The summed E-state index contributed by atoms with van der Waals surface area (Å²) in [7, 11) is -1.55. The van der Waals surface area contributed by atoms with Gasteiger partial charge in [0.2, 0.25) is 0 Å². The molecule has 0 saturated carbocycles. The highest BCUT2D eigenvalue weighted by Crippen LogP contribution is 2.35. The van der Waals surface area contributed by atoms with Gasteiger partial charge in [0.05, 0.1) is 19.9 Å². The number of anilines is 1. The Hall–Kier alpha value is -4.05. The Kier molecular flexibility index (Phi) is 8.44. The molecule has 0 fully saturated rings. The molecule has 10 heteroatoms. The molecule has 0 amide bonds. The Morgan fingerprint density at radius 1 is 1.00 bits per heavy atom. The van der Waals surface area contributed by atoms with Crippen LogP contribution in [0.1, 0.15) is 31.9 Å². The fraction of sp³-hybridized carbons (Fsp3) is 0.259. The number of hydrogen-bond donors (Lipinski definition) is 0. The Bertz CT molecular complexity index is 1380. The lowest BCUT2D eigenvalue weighted by Gasteiger charge is -2.28. The zero-order valence-corrected chi connectivity index (χ0v) is 22.2. The number of nitrogens with zero attached hydrogens (tertiary/aromatic N) is 2. The van der Waals surface area contributed by atoms with Gasteiger partial charge in [0.1, 0.15) is 28.5 Å². The molecule has 0 spiro atoms. The minimum absolute atomic E-state index is 0.0956. The van der Waals surface area contributed by atoms with Crippen molar-refractivity contribution >= 4 is 33.8 Å². The van der Waals surface area contributed by atoms with Gasteiger partial charge in [-0.25, -0.2) is 8.42 Å². The Morgan fingerprint density at radius 3 is 2.30 bits per heavy atom. The van der Waals surface area contributed by atoms with Crippen LogP contribution in [-0.4, -0.2) is 40.8 Å². The average Bonchev–Trinajstić information content (AvgIpc) is 2.85. The van der Waals surface area contributed by atoms with Crippen molar-refractivity contribution in [3.05, 3.63) is 83.3 Å². The van der Waals surface area contributed by atoms with Crippen molar-refractivity contribution in [1.82, 2.24) is 0 Å². The van der Waals surface area contributed by atoms with E-state index >= 15 is 0 Å². The molecule has 0 aliphatic rings. The number of carbonyl (C=O) groups excluding carboxylic acids is 1. The van der Waals surface area contributed by atoms with Gasteiger partial charge < -0.3 is 19.4 Å². The molecule has 2 aromatic carbocycles. The van der Waals surface area contributed by atoms with Gasteiger partial charge in [0.15, 0.2) is 12.4 Å². The highest BCUT2D eigenvalue weighted by Gasteiger charge is 2.33. The molecular formula is C27H30N2O7S. The van der Waals surface area contributed by atoms with E-state index in [1.165, 1.54) is 38.7 Å². The van der Waals surface area contributed by atoms with E-state index in [4.69, 9.17) is 14.2 Å². The SMILES string of the molecule is COc1ccc(OC)c(S(=O)(=O)N(CC(=O)OC(C)(C)C)c2ccccc2/C=C/c2cc[n+]([O-])cc2)c1. The van der Waals surface area contributed by atoms with Crippen molar-refractivity contribution in [1.29, 1.82) is 0 Å². The summed E-state index contributed by atoms with van der Waals surface area (Å²) in [5.41, 5.74) is 0.697. The van der Waals surface area contributed by atoms with Gasteiger partial charge in [-0.05, 0) is 50.1 Å². The predicted molar refractivity (Wildman–Crippen MR) is 141 cm³/mol. The van der Waals surface area contributed by atoms with E-state index in [1.54, 1.807) is 75.4 Å². The van der Waals surface area contributed by atoms with Crippen molar-refractivity contribution in [2.75, 3.05) is 25.1 Å². The maximum Gasteiger partial charge on any atom is 0.327 e. The maximum atomic E-state index is 14.1. The van der Waals surface area contributed by atoms with Gasteiger partial charge in [-0.3, -0.25) is 9.10 Å². The minimum Gasteiger partial charge on any atom is -0.619 e. The Labute approximate surface area is 217 Å². The van der Waals surface area contributed by atoms with E-state index in [9.17, 15) is 18.4 Å². The monoisotopic (exact) mass is 526 g/mol. The van der Waals surface area contributed by atoms with Gasteiger partial charge in [-0.2, -0.15) is 4.73 Å². The molecule has 0 radical (unpaired) electrons. The molecule has 0 N–H and O–H groups in total. The number of carbonyl (C=O) groups is 1. The third-order valence-corrected chi connectivity index (χ3v) is 6.90. The standard InChI is InChI=1S/C27H30N2O7S/c1-27(2,3)36-26(30)19-29(37(32,33)25-18-22(34-4)12-13-24(25)35-5)23-9-7-6-8-21(23)11-10-20-14-16-28(31)17-15-20/h6-18H,19H2,1-5H3/b11-10+. The van der Waals surface area contributed by atoms with Crippen LogP contribution in [0.2, 0.25) is 0 Å². The Balaban J connectivity index is 2.15. The average molecular weight is 527 g/mol. The van der Waals surface area contributed by atoms with E-state index in [0.29, 0.717) is 16.0 Å². The molecule has 0 bridgehead atoms. The van der Waals surface area contributed by atoms with Crippen molar-refractivity contribution in [3.63, 3.8) is 0 Å². The summed E-state index contributed by atoms with van der Waals surface area (Å²) in [6.45, 7) is 4.54. The minimum atomic E-state index is -4.34. The first-order valence-electron chi connectivity index (χ1n) is 11.4. The molecule has 0 unspecified atom stereocenters. The van der Waals surface area contributed by atoms with Crippen LogP contribution in [0.5, 0.6) is 11.5 Å². The predicted octanol–water partition coefficient (Wildman–Crippen LogP) is 4.04. The van der Waals surface area contributed by atoms with Gasteiger partial charge in [-0.1, -0.05) is 30.4 Å². The van der Waals surface area contributed by atoms with Crippen molar-refractivity contribution < 1.29 is 32.2 Å². The second-order valence-corrected chi connectivity index (χ2v) is 10.8. The molecule has 37 heavy (non-hydrogen) atoms. The molecule has 9 nitrogen and oxygen atoms in total. The van der Waals surface area contributed by atoms with Gasteiger partial charge in [0, 0.05) is 18.2 Å². The van der Waals surface area contributed by atoms with E-state index in [-0.39, 0.29) is 16.3 Å². The van der Waals surface area contributed by atoms with Crippen LogP contribution < -0.4 is 18.5 Å². The highest BCUT2D eigenvalue weighted by atomic mass is 32.2. The van der Waals surface area contributed by atoms with Crippen LogP contribution in [0.4, 0.5) is 5.69 Å². The van der Waals surface area contributed by atoms with Crippen LogP contribution in [0.3, 0.4) is 0 Å². The molecule has 196 valence electrons. The number of para-hydroxylation sites is 1. The van der Waals surface area contributed by atoms with Gasteiger partial charge >= 0.3 is 5.97 Å². The van der Waals surface area contributed by atoms with Crippen LogP contribution in [0.15, 0.2) is 71.9 Å². The number of esters is 1. The second kappa shape index (κ2) is 11.3. The smallest absolute Gasteiger partial charge is 0.327 e. The van der Waals surface area contributed by atoms with Crippen LogP contribution in [0, 0.1) is 5.21 Å². The molecule has 0 atom stereocenters. The largest absolute Gasteiger partial charge is 0.619 e. The normalized spacial score (nSPS) is 11.8. The summed E-state index contributed by atoms with van der Waals surface area (Å²) in [5.74, 6) is -0.317. The summed E-state index contributed by atoms with van der Waals surface area (Å²) in [6, 6.07) is 14.4. The lowest BCUT2D eigenvalue weighted by atomic mass is 10.1. The lowest BCUT2D eigenvalue weighted by molar-refractivity contribution is -0.605. The summed E-state index contributed by atoms with van der Waals surface area (Å²) in [5, 5.41) is 11.3. The zero-order chi connectivity index (χ0) is 27.2. The lowest BCUT2D eigenvalue weighted by Crippen LogP contribution is -2.39. The molecule has 1 aromatic heterocycles. The molecule has 0 saturated heterocycles. The number of rotatable bonds is 9. The molecule has 0 aliphatic heterocycles. The first-order chi connectivity index (χ1) is 17.4. The number of aromatic nitrogens is 1. The number of methoxy groups -OCH3 is 2. The number of hydrogen-bond acceptors (Lipinski definition) is 7. The maximum absolute atomic E-state index is 14.1. The third-order valence-electron chi connectivity index (χ3n) is 5.12. The van der Waals surface area contributed by atoms with E-state index < -0.39 is 28.1 Å².